The summed E-state index contributed by atoms with van der Waals surface area (Å²) in [6.45, 7) is 4.95. The van der Waals surface area contributed by atoms with Crippen molar-refractivity contribution in [3.05, 3.63) is 35.6 Å². The number of hydrogen-bond donors (Lipinski definition) is 2. The molecular weight excluding hydrogens is 265 g/mol. The summed E-state index contributed by atoms with van der Waals surface area (Å²) >= 11 is 0. The first-order valence-electron chi connectivity index (χ1n) is 6.05. The topological polar surface area (TPSA) is 89.6 Å². The van der Waals surface area contributed by atoms with Gasteiger partial charge in [0.15, 0.2) is 5.54 Å². The van der Waals surface area contributed by atoms with E-state index in [1.807, 2.05) is 0 Å². The van der Waals surface area contributed by atoms with Crippen LogP contribution in [0.3, 0.4) is 0 Å². The van der Waals surface area contributed by atoms with Crippen LogP contribution in [0.2, 0.25) is 0 Å². The number of carboxylic acids is 1. The zero-order valence-corrected chi connectivity index (χ0v) is 11.6. The average molecular weight is 283 g/mol. The molecule has 1 rings (SSSR count). The molecule has 0 aliphatic heterocycles. The number of carbonyl (C=O) groups excluding carboxylic acids is 1. The summed E-state index contributed by atoms with van der Waals surface area (Å²) in [5.74, 6) is -2.61. The van der Waals surface area contributed by atoms with Gasteiger partial charge in [-0.3, -0.25) is 4.79 Å². The van der Waals surface area contributed by atoms with Crippen LogP contribution in [0.25, 0.3) is 0 Å². The van der Waals surface area contributed by atoms with Crippen LogP contribution in [-0.2, 0) is 19.9 Å². The molecule has 1 aromatic carbocycles. The van der Waals surface area contributed by atoms with Gasteiger partial charge in [0.05, 0.1) is 6.42 Å². The Kier molecular flexibility index (Phi) is 4.50. The predicted octanol–water partition coefficient (Wildman–Crippen LogP) is 1.80. The number of rotatable bonds is 4. The van der Waals surface area contributed by atoms with Gasteiger partial charge in [0.1, 0.15) is 11.4 Å². The molecule has 0 fully saturated rings. The van der Waals surface area contributed by atoms with Gasteiger partial charge in [0, 0.05) is 0 Å². The van der Waals surface area contributed by atoms with E-state index in [0.717, 1.165) is 12.1 Å². The number of nitrogens with two attached hydrogens (primary N) is 1. The fourth-order valence-electron chi connectivity index (χ4n) is 1.65. The number of esters is 1. The number of hydrogen-bond acceptors (Lipinski definition) is 4. The molecule has 0 aliphatic carbocycles. The first-order valence-corrected chi connectivity index (χ1v) is 6.05. The zero-order chi connectivity index (χ0) is 15.6. The number of aliphatic carboxylic acids is 1. The van der Waals surface area contributed by atoms with E-state index in [1.165, 1.54) is 12.1 Å². The average Bonchev–Trinajstić information content (AvgIpc) is 2.26. The second-order valence-electron chi connectivity index (χ2n) is 5.55. The van der Waals surface area contributed by atoms with E-state index < -0.39 is 35.3 Å². The Hall–Kier alpha value is -1.95. The molecule has 5 nitrogen and oxygen atoms in total. The highest BCUT2D eigenvalue weighted by molar-refractivity contribution is 5.87. The van der Waals surface area contributed by atoms with Crippen LogP contribution < -0.4 is 5.73 Å². The maximum atomic E-state index is 12.9. The monoisotopic (exact) mass is 283 g/mol. The Labute approximate surface area is 116 Å². The van der Waals surface area contributed by atoms with E-state index in [1.54, 1.807) is 20.8 Å². The minimum atomic E-state index is -1.85. The second kappa shape index (κ2) is 5.58. The van der Waals surface area contributed by atoms with Gasteiger partial charge in [-0.25, -0.2) is 9.18 Å². The lowest BCUT2D eigenvalue weighted by molar-refractivity contribution is -0.165. The Balaban J connectivity index is 3.18. The molecule has 0 saturated carbocycles. The van der Waals surface area contributed by atoms with E-state index in [9.17, 15) is 14.0 Å². The molecule has 0 amide bonds. The van der Waals surface area contributed by atoms with Crippen molar-refractivity contribution in [1.82, 2.24) is 0 Å². The van der Waals surface area contributed by atoms with Crippen molar-refractivity contribution >= 4 is 11.9 Å². The van der Waals surface area contributed by atoms with Gasteiger partial charge in [-0.15, -0.1) is 0 Å². The van der Waals surface area contributed by atoms with Crippen LogP contribution in [0, 0.1) is 5.82 Å². The maximum absolute atomic E-state index is 12.9. The van der Waals surface area contributed by atoms with Crippen LogP contribution in [0.4, 0.5) is 4.39 Å². The fraction of sp³-hybridized carbons (Fsp3) is 0.429. The summed E-state index contributed by atoms with van der Waals surface area (Å²) in [6.07, 6.45) is -0.645. The smallest absolute Gasteiger partial charge is 0.331 e. The SMILES string of the molecule is CC(C)(C)OC(=O)C(N)(CC(=O)O)c1ccc(F)cc1. The molecule has 0 bridgehead atoms. The molecule has 0 aromatic heterocycles. The van der Waals surface area contributed by atoms with Crippen molar-refractivity contribution in [1.29, 1.82) is 0 Å². The lowest BCUT2D eigenvalue weighted by Gasteiger charge is -2.30. The molecule has 1 aromatic rings. The Morgan fingerprint density at radius 1 is 1.25 bits per heavy atom. The summed E-state index contributed by atoms with van der Waals surface area (Å²) < 4.78 is 18.1. The molecule has 0 radical (unpaired) electrons. The highest BCUT2D eigenvalue weighted by Crippen LogP contribution is 2.26. The van der Waals surface area contributed by atoms with Crippen molar-refractivity contribution in [3.63, 3.8) is 0 Å². The van der Waals surface area contributed by atoms with Crippen LogP contribution in [0.1, 0.15) is 32.8 Å². The highest BCUT2D eigenvalue weighted by Gasteiger charge is 2.41. The molecular formula is C14H18FNO4. The van der Waals surface area contributed by atoms with E-state index in [2.05, 4.69) is 0 Å². The quantitative estimate of drug-likeness (QED) is 0.822. The highest BCUT2D eigenvalue weighted by atomic mass is 19.1. The summed E-state index contributed by atoms with van der Waals surface area (Å²) in [4.78, 5) is 23.2. The molecule has 0 aliphatic rings. The zero-order valence-electron chi connectivity index (χ0n) is 11.6. The van der Waals surface area contributed by atoms with Crippen molar-refractivity contribution in [2.24, 2.45) is 5.73 Å². The molecule has 110 valence electrons. The summed E-state index contributed by atoms with van der Waals surface area (Å²) in [5, 5.41) is 8.95. The minimum absolute atomic E-state index is 0.190. The number of carbonyl (C=O) groups is 2. The largest absolute Gasteiger partial charge is 0.481 e. The van der Waals surface area contributed by atoms with Gasteiger partial charge in [0.25, 0.3) is 0 Å². The van der Waals surface area contributed by atoms with E-state index in [0.29, 0.717) is 0 Å². The van der Waals surface area contributed by atoms with Crippen molar-refractivity contribution in [2.75, 3.05) is 0 Å². The standard InChI is InChI=1S/C14H18FNO4/c1-13(2,3)20-12(19)14(16,8-11(17)18)9-4-6-10(15)7-5-9/h4-7H,8,16H2,1-3H3,(H,17,18). The Morgan fingerprint density at radius 3 is 2.15 bits per heavy atom. The number of halogens is 1. The fourth-order valence-corrected chi connectivity index (χ4v) is 1.65. The van der Waals surface area contributed by atoms with E-state index >= 15 is 0 Å². The number of ether oxygens (including phenoxy) is 1. The van der Waals surface area contributed by atoms with E-state index in [4.69, 9.17) is 15.6 Å². The Bertz CT molecular complexity index is 507. The Morgan fingerprint density at radius 2 is 1.75 bits per heavy atom. The van der Waals surface area contributed by atoms with Crippen LogP contribution >= 0.6 is 0 Å². The molecule has 20 heavy (non-hydrogen) atoms. The van der Waals surface area contributed by atoms with Crippen molar-refractivity contribution < 1.29 is 23.8 Å². The first-order chi connectivity index (χ1) is 9.04. The summed E-state index contributed by atoms with van der Waals surface area (Å²) in [7, 11) is 0. The van der Waals surface area contributed by atoms with Gasteiger partial charge in [-0.2, -0.15) is 0 Å². The maximum Gasteiger partial charge on any atom is 0.331 e. The van der Waals surface area contributed by atoms with Crippen LogP contribution in [-0.4, -0.2) is 22.6 Å². The number of carboxylic acid groups (broad SMARTS) is 1. The lowest BCUT2D eigenvalue weighted by atomic mass is 9.87. The first kappa shape index (κ1) is 16.1. The normalized spacial score (nSPS) is 14.4. The third kappa shape index (κ3) is 4.03. The molecule has 0 saturated heterocycles. The second-order valence-corrected chi connectivity index (χ2v) is 5.55. The van der Waals surface area contributed by atoms with E-state index in [-0.39, 0.29) is 5.56 Å². The van der Waals surface area contributed by atoms with Gasteiger partial charge in [0.2, 0.25) is 0 Å². The molecule has 3 N–H and O–H groups in total. The third-order valence-corrected chi connectivity index (χ3v) is 2.55. The molecule has 1 atom stereocenters. The van der Waals surface area contributed by atoms with Gasteiger partial charge >= 0.3 is 11.9 Å². The van der Waals surface area contributed by atoms with Crippen LogP contribution in [0.15, 0.2) is 24.3 Å². The molecule has 0 heterocycles. The van der Waals surface area contributed by atoms with Gasteiger partial charge in [-0.05, 0) is 38.5 Å². The van der Waals surface area contributed by atoms with Gasteiger partial charge in [-0.1, -0.05) is 12.1 Å². The predicted molar refractivity (Wildman–Crippen MR) is 70.4 cm³/mol. The summed E-state index contributed by atoms with van der Waals surface area (Å²) in [5.41, 5.74) is 3.47. The molecule has 6 heteroatoms. The van der Waals surface area contributed by atoms with Crippen molar-refractivity contribution in [3.8, 4) is 0 Å². The lowest BCUT2D eigenvalue weighted by Crippen LogP contribution is -2.49. The minimum Gasteiger partial charge on any atom is -0.481 e. The van der Waals surface area contributed by atoms with Gasteiger partial charge < -0.3 is 15.6 Å². The third-order valence-electron chi connectivity index (χ3n) is 2.55. The summed E-state index contributed by atoms with van der Waals surface area (Å²) in [6, 6.07) is 4.79. The van der Waals surface area contributed by atoms with Crippen LogP contribution in [0.5, 0.6) is 0 Å². The molecule has 0 spiro atoms. The molecule has 1 unspecified atom stereocenters. The van der Waals surface area contributed by atoms with Crippen molar-refractivity contribution in [2.45, 2.75) is 38.3 Å². The number of benzene rings is 1.